The van der Waals surface area contributed by atoms with Crippen LogP contribution in [0.2, 0.25) is 0 Å². The Morgan fingerprint density at radius 2 is 1.65 bits per heavy atom. The number of anilines is 1. The fraction of sp³-hybridized carbons (Fsp3) is 0.143. The first-order chi connectivity index (χ1) is 10.6. The van der Waals surface area contributed by atoms with Gasteiger partial charge in [0.1, 0.15) is 5.75 Å². The van der Waals surface area contributed by atoms with Gasteiger partial charge in [-0.1, -0.05) is 0 Å². The lowest BCUT2D eigenvalue weighted by Gasteiger charge is -2.20. The molecule has 2 N–H and O–H groups in total. The molecule has 0 radical (unpaired) electrons. The van der Waals surface area contributed by atoms with Crippen molar-refractivity contribution in [2.24, 2.45) is 0 Å². The molecule has 9 heteroatoms. The molecule has 4 nitrogen and oxygen atoms in total. The fourth-order valence-electron chi connectivity index (χ4n) is 1.69. The molecule has 1 heterocycles. The molecule has 1 aromatic heterocycles. The molecule has 1 amide bonds. The molecule has 0 fully saturated rings. The predicted octanol–water partition coefficient (Wildman–Crippen LogP) is 3.69. The van der Waals surface area contributed by atoms with Gasteiger partial charge in [-0.15, -0.1) is 0 Å². The maximum absolute atomic E-state index is 13.3. The van der Waals surface area contributed by atoms with Crippen LogP contribution in [0.15, 0.2) is 42.7 Å². The highest BCUT2D eigenvalue weighted by molar-refractivity contribution is 6.04. The summed E-state index contributed by atoms with van der Waals surface area (Å²) in [5.74, 6) is -6.55. The second-order valence-electron chi connectivity index (χ2n) is 4.49. The molecule has 0 aliphatic rings. The summed E-state index contributed by atoms with van der Waals surface area (Å²) in [6.45, 7) is 0. The van der Waals surface area contributed by atoms with Crippen molar-refractivity contribution >= 4 is 11.6 Å². The van der Waals surface area contributed by atoms with Gasteiger partial charge < -0.3 is 10.4 Å². The van der Waals surface area contributed by atoms with Gasteiger partial charge in [-0.3, -0.25) is 9.78 Å². The third kappa shape index (κ3) is 3.38. The zero-order chi connectivity index (χ0) is 17.3. The van der Waals surface area contributed by atoms with Crippen molar-refractivity contribution in [1.82, 2.24) is 4.98 Å². The first-order valence-electron chi connectivity index (χ1n) is 6.12. The molecule has 23 heavy (non-hydrogen) atoms. The summed E-state index contributed by atoms with van der Waals surface area (Å²) in [5.41, 5.74) is -1.87. The normalized spacial score (nSPS) is 12.0. The molecule has 1 aromatic carbocycles. The largest absolute Gasteiger partial charge is 0.506 e. The number of rotatable bonds is 3. The van der Waals surface area contributed by atoms with Crippen LogP contribution in [0.4, 0.5) is 27.6 Å². The Bertz CT molecular complexity index is 717. The Morgan fingerprint density at radius 1 is 1.04 bits per heavy atom. The van der Waals surface area contributed by atoms with Crippen LogP contribution in [0.5, 0.6) is 5.75 Å². The van der Waals surface area contributed by atoms with Crippen LogP contribution in [0, 0.1) is 0 Å². The van der Waals surface area contributed by atoms with Crippen LogP contribution >= 0.6 is 0 Å². The first kappa shape index (κ1) is 16.7. The van der Waals surface area contributed by atoms with Crippen LogP contribution < -0.4 is 5.32 Å². The van der Waals surface area contributed by atoms with E-state index in [9.17, 15) is 31.9 Å². The Morgan fingerprint density at radius 3 is 2.22 bits per heavy atom. The van der Waals surface area contributed by atoms with E-state index in [1.807, 2.05) is 0 Å². The maximum Gasteiger partial charge on any atom is 0.458 e. The predicted molar refractivity (Wildman–Crippen MR) is 70.2 cm³/mol. The summed E-state index contributed by atoms with van der Waals surface area (Å²) in [5, 5.41) is 11.6. The van der Waals surface area contributed by atoms with Crippen LogP contribution in [-0.2, 0) is 5.92 Å². The number of phenolic OH excluding ortho intramolecular Hbond substituents is 1. The van der Waals surface area contributed by atoms with Crippen LogP contribution in [0.25, 0.3) is 0 Å². The number of carbonyl (C=O) groups is 1. The van der Waals surface area contributed by atoms with Gasteiger partial charge in [-0.2, -0.15) is 22.0 Å². The van der Waals surface area contributed by atoms with Gasteiger partial charge in [0.05, 0.1) is 5.69 Å². The minimum Gasteiger partial charge on any atom is -0.506 e. The van der Waals surface area contributed by atoms with Crippen molar-refractivity contribution in [3.05, 3.63) is 53.9 Å². The van der Waals surface area contributed by atoms with Gasteiger partial charge in [-0.05, 0) is 30.3 Å². The standard InChI is InChI=1S/C14H9F5N2O2/c15-13(16,14(17,18)19)9-1-2-11(22)10(7-9)21-12(23)8-3-5-20-6-4-8/h1-7,22H,(H,21,23). The lowest BCUT2D eigenvalue weighted by Crippen LogP contribution is -2.33. The van der Waals surface area contributed by atoms with E-state index in [2.05, 4.69) is 10.3 Å². The van der Waals surface area contributed by atoms with Gasteiger partial charge in [0, 0.05) is 23.5 Å². The molecule has 0 aliphatic heterocycles. The smallest absolute Gasteiger partial charge is 0.458 e. The molecule has 2 aromatic rings. The van der Waals surface area contributed by atoms with Crippen LogP contribution in [-0.4, -0.2) is 22.2 Å². The average molecular weight is 332 g/mol. The van der Waals surface area contributed by atoms with E-state index in [-0.39, 0.29) is 5.56 Å². The number of pyridine rings is 1. The number of aromatic nitrogens is 1. The van der Waals surface area contributed by atoms with Crippen molar-refractivity contribution in [1.29, 1.82) is 0 Å². The van der Waals surface area contributed by atoms with Crippen molar-refractivity contribution in [2.45, 2.75) is 12.1 Å². The minimum absolute atomic E-state index is 0.0902. The number of nitrogens with one attached hydrogen (secondary N) is 1. The summed E-state index contributed by atoms with van der Waals surface area (Å²) in [4.78, 5) is 15.5. The zero-order valence-corrected chi connectivity index (χ0v) is 11.2. The van der Waals surface area contributed by atoms with Gasteiger partial charge in [0.15, 0.2) is 0 Å². The van der Waals surface area contributed by atoms with Gasteiger partial charge in [0.25, 0.3) is 5.91 Å². The van der Waals surface area contributed by atoms with E-state index >= 15 is 0 Å². The SMILES string of the molecule is O=C(Nc1cc(C(F)(F)C(F)(F)F)ccc1O)c1ccncc1. The van der Waals surface area contributed by atoms with Gasteiger partial charge >= 0.3 is 12.1 Å². The van der Waals surface area contributed by atoms with Crippen molar-refractivity contribution in [3.63, 3.8) is 0 Å². The number of hydrogen-bond acceptors (Lipinski definition) is 3. The lowest BCUT2D eigenvalue weighted by atomic mass is 10.1. The number of nitrogens with zero attached hydrogens (tertiary/aromatic N) is 1. The monoisotopic (exact) mass is 332 g/mol. The summed E-state index contributed by atoms with van der Waals surface area (Å²) in [6, 6.07) is 4.07. The van der Waals surface area contributed by atoms with E-state index < -0.39 is 35.0 Å². The number of hydrogen-bond donors (Lipinski definition) is 2. The minimum atomic E-state index is -5.80. The highest BCUT2D eigenvalue weighted by atomic mass is 19.4. The number of benzene rings is 1. The molecule has 2 rings (SSSR count). The van der Waals surface area contributed by atoms with Crippen molar-refractivity contribution < 1.29 is 31.9 Å². The van der Waals surface area contributed by atoms with Gasteiger partial charge in [-0.25, -0.2) is 0 Å². The molecule has 0 saturated heterocycles. The molecular formula is C14H9F5N2O2. The summed E-state index contributed by atoms with van der Waals surface area (Å²) < 4.78 is 63.7. The highest BCUT2D eigenvalue weighted by Crippen LogP contribution is 2.45. The molecule has 0 aliphatic carbocycles. The van der Waals surface area contributed by atoms with Crippen LogP contribution in [0.1, 0.15) is 15.9 Å². The highest BCUT2D eigenvalue weighted by Gasteiger charge is 2.58. The lowest BCUT2D eigenvalue weighted by molar-refractivity contribution is -0.289. The molecule has 122 valence electrons. The summed E-state index contributed by atoms with van der Waals surface area (Å²) >= 11 is 0. The Labute approximate surface area is 126 Å². The third-order valence-electron chi connectivity index (χ3n) is 2.91. The van der Waals surface area contributed by atoms with Crippen molar-refractivity contribution in [3.8, 4) is 5.75 Å². The van der Waals surface area contributed by atoms with E-state index in [4.69, 9.17) is 0 Å². The van der Waals surface area contributed by atoms with E-state index in [0.717, 1.165) is 0 Å². The molecular weight excluding hydrogens is 323 g/mol. The third-order valence-corrected chi connectivity index (χ3v) is 2.91. The van der Waals surface area contributed by atoms with E-state index in [1.165, 1.54) is 24.5 Å². The average Bonchev–Trinajstić information content (AvgIpc) is 2.49. The second-order valence-corrected chi connectivity index (χ2v) is 4.49. The number of aromatic hydroxyl groups is 1. The molecule has 0 bridgehead atoms. The topological polar surface area (TPSA) is 62.2 Å². The number of alkyl halides is 5. The summed E-state index contributed by atoms with van der Waals surface area (Å²) in [6.07, 6.45) is -3.21. The summed E-state index contributed by atoms with van der Waals surface area (Å²) in [7, 11) is 0. The van der Waals surface area contributed by atoms with Crippen molar-refractivity contribution in [2.75, 3.05) is 5.32 Å². The Balaban J connectivity index is 2.34. The zero-order valence-electron chi connectivity index (χ0n) is 11.2. The maximum atomic E-state index is 13.3. The first-order valence-corrected chi connectivity index (χ1v) is 6.12. The quantitative estimate of drug-likeness (QED) is 0.666. The molecule has 0 unspecified atom stereocenters. The van der Waals surface area contributed by atoms with Crippen LogP contribution in [0.3, 0.4) is 0 Å². The van der Waals surface area contributed by atoms with E-state index in [0.29, 0.717) is 18.2 Å². The molecule has 0 saturated carbocycles. The fourth-order valence-corrected chi connectivity index (χ4v) is 1.69. The number of phenols is 1. The Kier molecular flexibility index (Phi) is 4.22. The number of halogens is 5. The van der Waals surface area contributed by atoms with E-state index in [1.54, 1.807) is 0 Å². The second kappa shape index (κ2) is 5.82. The molecule has 0 spiro atoms. The number of amides is 1. The molecule has 0 atom stereocenters. The number of carbonyl (C=O) groups excluding carboxylic acids is 1. The Hall–Kier alpha value is -2.71. The van der Waals surface area contributed by atoms with Gasteiger partial charge in [0.2, 0.25) is 0 Å².